The summed E-state index contributed by atoms with van der Waals surface area (Å²) in [5.74, 6) is 0. The number of nitrogens with zero attached hydrogens (tertiary/aromatic N) is 2. The minimum absolute atomic E-state index is 0.0291. The summed E-state index contributed by atoms with van der Waals surface area (Å²) in [6.45, 7) is 41.6. The fourth-order valence-corrected chi connectivity index (χ4v) is 17.3. The lowest BCUT2D eigenvalue weighted by Crippen LogP contribution is -2.61. The van der Waals surface area contributed by atoms with Crippen molar-refractivity contribution in [2.75, 3.05) is 9.80 Å². The molecule has 6 aromatic carbocycles. The standard InChI is InChI=1S/C69H79BN2S/c1-39-28-41(3)59(42(4)29-39)43-31-56-61-57(32-43)72(55-36-50-48(30-40(55)2)65(10,11)24-25-67(50,14)15)54-21-18-44(63(5,6)7)33-53(54)70(61)60-46-35-51-52(69(17)27-26-68(51,16)38-69)37-58(46)73-62(60)71(56)45-19-20-47-49(34-45)66(12,13)23-22-64(47,8)9/h18-21,28-37H,22-27,38H2,1-17H3. The highest BCUT2D eigenvalue weighted by atomic mass is 32.1. The van der Waals surface area contributed by atoms with E-state index in [0.29, 0.717) is 0 Å². The molecule has 1 fully saturated rings. The third-order valence-electron chi connectivity index (χ3n) is 20.5. The van der Waals surface area contributed by atoms with Crippen molar-refractivity contribution >= 4 is 78.0 Å². The van der Waals surface area contributed by atoms with Crippen LogP contribution >= 0.6 is 11.3 Å². The van der Waals surface area contributed by atoms with Crippen LogP contribution in [0.15, 0.2) is 84.9 Å². The molecule has 4 heteroatoms. The number of thiophene rings is 1. The van der Waals surface area contributed by atoms with Crippen LogP contribution in [-0.2, 0) is 37.9 Å². The van der Waals surface area contributed by atoms with Crippen LogP contribution in [-0.4, -0.2) is 6.71 Å². The fourth-order valence-electron chi connectivity index (χ4n) is 16.0. The summed E-state index contributed by atoms with van der Waals surface area (Å²) in [6.07, 6.45) is 8.59. The van der Waals surface area contributed by atoms with Gasteiger partial charge in [-0.2, -0.15) is 0 Å². The second-order valence-electron chi connectivity index (χ2n) is 28.8. The molecule has 7 aromatic rings. The molecule has 2 aliphatic heterocycles. The van der Waals surface area contributed by atoms with E-state index in [2.05, 4.69) is 224 Å². The molecule has 3 heterocycles. The molecule has 0 spiro atoms. The first-order chi connectivity index (χ1) is 34.1. The van der Waals surface area contributed by atoms with Crippen molar-refractivity contribution in [1.82, 2.24) is 0 Å². The fraction of sp³-hybridized carbons (Fsp3) is 0.449. The quantitative estimate of drug-likeness (QED) is 0.163. The van der Waals surface area contributed by atoms with E-state index in [0.717, 1.165) is 0 Å². The van der Waals surface area contributed by atoms with Crippen molar-refractivity contribution in [3.8, 4) is 11.1 Å². The zero-order valence-corrected chi connectivity index (χ0v) is 48.2. The molecular formula is C69H79BN2S. The molecule has 1 aromatic heterocycles. The topological polar surface area (TPSA) is 6.48 Å². The van der Waals surface area contributed by atoms with E-state index >= 15 is 0 Å². The zero-order valence-electron chi connectivity index (χ0n) is 47.4. The second-order valence-corrected chi connectivity index (χ2v) is 29.8. The van der Waals surface area contributed by atoms with Crippen molar-refractivity contribution in [2.45, 2.75) is 201 Å². The highest BCUT2D eigenvalue weighted by molar-refractivity contribution is 7.26. The Morgan fingerprint density at radius 1 is 0.479 bits per heavy atom. The van der Waals surface area contributed by atoms with Gasteiger partial charge in [-0.1, -0.05) is 132 Å². The van der Waals surface area contributed by atoms with Gasteiger partial charge < -0.3 is 9.80 Å². The molecule has 2 nitrogen and oxygen atoms in total. The number of rotatable bonds is 3. The molecule has 2 atom stereocenters. The van der Waals surface area contributed by atoms with Gasteiger partial charge >= 0.3 is 0 Å². The Balaban J connectivity index is 1.20. The lowest BCUT2D eigenvalue weighted by atomic mass is 9.33. The largest absolute Gasteiger partial charge is 0.311 e. The van der Waals surface area contributed by atoms with Crippen molar-refractivity contribution < 1.29 is 0 Å². The number of hydrogen-bond donors (Lipinski definition) is 0. The predicted octanol–water partition coefficient (Wildman–Crippen LogP) is 17.6. The highest BCUT2D eigenvalue weighted by Crippen LogP contribution is 2.62. The highest BCUT2D eigenvalue weighted by Gasteiger charge is 2.54. The van der Waals surface area contributed by atoms with Gasteiger partial charge in [-0.3, -0.25) is 0 Å². The van der Waals surface area contributed by atoms with Crippen molar-refractivity contribution in [1.29, 1.82) is 0 Å². The molecule has 2 unspecified atom stereocenters. The second kappa shape index (κ2) is 14.9. The Hall–Kier alpha value is -5.06. The molecule has 0 amide bonds. The first-order valence-corrected chi connectivity index (χ1v) is 28.9. The lowest BCUT2D eigenvalue weighted by Gasteiger charge is -2.46. The Kier molecular flexibility index (Phi) is 9.70. The number of benzene rings is 6. The molecule has 13 rings (SSSR count). The number of fused-ring (bicyclic) bond motifs is 13. The van der Waals surface area contributed by atoms with E-state index in [4.69, 9.17) is 0 Å². The Morgan fingerprint density at radius 3 is 1.66 bits per heavy atom. The van der Waals surface area contributed by atoms with Gasteiger partial charge in [-0.15, -0.1) is 11.3 Å². The minimum atomic E-state index is -0.0291. The Labute approximate surface area is 443 Å². The van der Waals surface area contributed by atoms with E-state index in [1.165, 1.54) is 166 Å². The molecular weight excluding hydrogens is 900 g/mol. The Morgan fingerprint density at radius 2 is 1.04 bits per heavy atom. The van der Waals surface area contributed by atoms with Gasteiger partial charge in [-0.05, 0) is 248 Å². The van der Waals surface area contributed by atoms with E-state index < -0.39 is 0 Å². The van der Waals surface area contributed by atoms with Gasteiger partial charge in [0.25, 0.3) is 6.71 Å². The van der Waals surface area contributed by atoms with Gasteiger partial charge in [0, 0.05) is 33.1 Å². The average Bonchev–Trinajstić information content (AvgIpc) is 3.91. The molecule has 73 heavy (non-hydrogen) atoms. The minimum Gasteiger partial charge on any atom is -0.311 e. The monoisotopic (exact) mass is 979 g/mol. The smallest absolute Gasteiger partial charge is 0.254 e. The SMILES string of the molecule is Cc1cc(C)c(-c2cc3c4c(c2)N(c2ccc5c(c2)C(C)(C)CCC5(C)C)c2sc5cc6c(cc5c2B4c2cc(C(C)(C)C)ccc2N3c2cc3c(cc2C)C(C)(C)CCC3(C)C)C2(C)CCC6(C)C2)c(C)c1. The molecule has 2 bridgehead atoms. The van der Waals surface area contributed by atoms with Crippen LogP contribution in [0.4, 0.5) is 33.4 Å². The molecule has 6 aliphatic rings. The summed E-state index contributed by atoms with van der Waals surface area (Å²) in [5.41, 5.74) is 30.4. The summed E-state index contributed by atoms with van der Waals surface area (Å²) in [4.78, 5) is 5.53. The Bertz CT molecular complexity index is 3560. The van der Waals surface area contributed by atoms with Gasteiger partial charge in [0.05, 0.1) is 5.00 Å². The van der Waals surface area contributed by atoms with Crippen LogP contribution < -0.4 is 26.2 Å². The molecule has 0 saturated heterocycles. The van der Waals surface area contributed by atoms with Crippen molar-refractivity contribution in [3.63, 3.8) is 0 Å². The molecule has 0 radical (unpaired) electrons. The first-order valence-electron chi connectivity index (χ1n) is 28.0. The van der Waals surface area contributed by atoms with Gasteiger partial charge in [0.1, 0.15) is 0 Å². The number of aryl methyl sites for hydroxylation is 4. The van der Waals surface area contributed by atoms with E-state index in [1.54, 1.807) is 11.1 Å². The first kappa shape index (κ1) is 47.6. The predicted molar refractivity (Wildman–Crippen MR) is 318 cm³/mol. The summed E-state index contributed by atoms with van der Waals surface area (Å²) in [6, 6.07) is 36.0. The van der Waals surface area contributed by atoms with Crippen LogP contribution in [0.25, 0.3) is 21.2 Å². The van der Waals surface area contributed by atoms with Crippen molar-refractivity contribution in [3.05, 3.63) is 146 Å². The van der Waals surface area contributed by atoms with E-state index in [9.17, 15) is 0 Å². The normalized spacial score (nSPS) is 23.2. The zero-order chi connectivity index (χ0) is 51.6. The van der Waals surface area contributed by atoms with Crippen LogP contribution in [0.2, 0.25) is 0 Å². The van der Waals surface area contributed by atoms with Crippen LogP contribution in [0.5, 0.6) is 0 Å². The summed E-state index contributed by atoms with van der Waals surface area (Å²) >= 11 is 2.06. The third-order valence-corrected chi connectivity index (χ3v) is 21.6. The maximum Gasteiger partial charge on any atom is 0.254 e. The summed E-state index contributed by atoms with van der Waals surface area (Å²) in [5, 5.41) is 2.85. The van der Waals surface area contributed by atoms with Gasteiger partial charge in [0.2, 0.25) is 0 Å². The maximum atomic E-state index is 2.78. The van der Waals surface area contributed by atoms with E-state index in [1.807, 2.05) is 0 Å². The van der Waals surface area contributed by atoms with E-state index in [-0.39, 0.29) is 44.6 Å². The van der Waals surface area contributed by atoms with Crippen LogP contribution in [0.3, 0.4) is 0 Å². The maximum absolute atomic E-state index is 2.78. The molecule has 374 valence electrons. The molecule has 4 aliphatic carbocycles. The van der Waals surface area contributed by atoms with Crippen LogP contribution in [0.1, 0.15) is 196 Å². The summed E-state index contributed by atoms with van der Waals surface area (Å²) in [7, 11) is 0. The number of hydrogen-bond acceptors (Lipinski definition) is 3. The summed E-state index contributed by atoms with van der Waals surface area (Å²) < 4.78 is 1.44. The van der Waals surface area contributed by atoms with Gasteiger partial charge in [-0.25, -0.2) is 0 Å². The lowest BCUT2D eigenvalue weighted by molar-refractivity contribution is 0.332. The number of anilines is 6. The average molecular weight is 979 g/mol. The third kappa shape index (κ3) is 6.66. The van der Waals surface area contributed by atoms with Crippen LogP contribution in [0, 0.1) is 27.7 Å². The molecule has 1 saturated carbocycles. The van der Waals surface area contributed by atoms with Gasteiger partial charge in [0.15, 0.2) is 0 Å². The van der Waals surface area contributed by atoms with Crippen molar-refractivity contribution in [2.24, 2.45) is 0 Å². The molecule has 0 N–H and O–H groups in total.